The van der Waals surface area contributed by atoms with E-state index in [4.69, 9.17) is 9.62 Å². The van der Waals surface area contributed by atoms with E-state index in [1.54, 1.807) is 6.07 Å². The summed E-state index contributed by atoms with van der Waals surface area (Å²) in [5.41, 5.74) is 2.80. The van der Waals surface area contributed by atoms with Gasteiger partial charge in [0.1, 0.15) is 17.4 Å². The number of carboxylic acid groups (broad SMARTS) is 1. The van der Waals surface area contributed by atoms with Crippen LogP contribution in [0.2, 0.25) is 0 Å². The molecule has 9 heteroatoms. The van der Waals surface area contributed by atoms with Gasteiger partial charge in [-0.3, -0.25) is 4.79 Å². The Balaban J connectivity index is 0.00000141. The fourth-order valence-corrected chi connectivity index (χ4v) is 5.29. The fourth-order valence-electron chi connectivity index (χ4n) is 4.05. The van der Waals surface area contributed by atoms with Gasteiger partial charge in [0, 0.05) is 23.4 Å². The van der Waals surface area contributed by atoms with Gasteiger partial charge >= 0.3 is 5.97 Å². The highest BCUT2D eigenvalue weighted by Crippen LogP contribution is 2.33. The number of nitrogens with one attached hydrogen (secondary N) is 1. The molecule has 1 aliphatic carbocycles. The Kier molecular flexibility index (Phi) is 8.03. The van der Waals surface area contributed by atoms with Crippen LogP contribution < -0.4 is 10.6 Å². The first-order chi connectivity index (χ1) is 15.4. The lowest BCUT2D eigenvalue weighted by Gasteiger charge is -2.15. The molecule has 1 aromatic heterocycles. The number of rotatable bonds is 8. The molecule has 4 rings (SSSR count). The van der Waals surface area contributed by atoms with Crippen LogP contribution in [-0.2, 0) is 34.1 Å². The monoisotopic (exact) mass is 460 g/mol. The van der Waals surface area contributed by atoms with E-state index in [-0.39, 0.29) is 11.3 Å². The minimum Gasteiger partial charge on any atom is -0.480 e. The number of benzene rings is 2. The van der Waals surface area contributed by atoms with E-state index in [0.29, 0.717) is 18.4 Å². The highest BCUT2D eigenvalue weighted by Gasteiger charge is 2.26. The van der Waals surface area contributed by atoms with Gasteiger partial charge in [0.2, 0.25) is 10.0 Å². The van der Waals surface area contributed by atoms with Crippen molar-refractivity contribution in [3.8, 4) is 0 Å². The zero-order chi connectivity index (χ0) is 23.1. The first-order valence-electron chi connectivity index (χ1n) is 10.5. The van der Waals surface area contributed by atoms with Gasteiger partial charge in [-0.25, -0.2) is 14.3 Å². The van der Waals surface area contributed by atoms with Crippen LogP contribution >= 0.6 is 0 Å². The van der Waals surface area contributed by atoms with Gasteiger partial charge < -0.3 is 14.7 Å². The van der Waals surface area contributed by atoms with Crippen LogP contribution in [0.15, 0.2) is 57.8 Å². The average molecular weight is 461 g/mol. The normalized spacial score (nSPS) is 14.3. The third-order valence-corrected chi connectivity index (χ3v) is 7.10. The Labute approximate surface area is 187 Å². The SMILES string of the molecule is NO.O=C(O)[C@H](CCCc1ccccc1)NS(=O)(=O)c1ccc2c3c(oc2c1)CCCC3. The zero-order valence-electron chi connectivity index (χ0n) is 17.7. The molecular formula is C23H28N2O6S. The number of hydrogen-bond donors (Lipinski definition) is 4. The molecule has 0 spiro atoms. The molecule has 0 amide bonds. The van der Waals surface area contributed by atoms with Crippen LogP contribution in [0.25, 0.3) is 11.0 Å². The summed E-state index contributed by atoms with van der Waals surface area (Å²) in [7, 11) is -3.98. The molecule has 5 N–H and O–H groups in total. The van der Waals surface area contributed by atoms with Crippen molar-refractivity contribution in [2.45, 2.75) is 55.9 Å². The first-order valence-corrected chi connectivity index (χ1v) is 12.0. The molecule has 0 bridgehead atoms. The fraction of sp³-hybridized carbons (Fsp3) is 0.348. The Bertz CT molecular complexity index is 1160. The molecule has 0 unspecified atom stereocenters. The van der Waals surface area contributed by atoms with Gasteiger partial charge in [0.15, 0.2) is 0 Å². The molecule has 0 aliphatic heterocycles. The van der Waals surface area contributed by atoms with Gasteiger partial charge in [-0.2, -0.15) is 4.72 Å². The van der Waals surface area contributed by atoms with Crippen LogP contribution in [0.1, 0.15) is 42.6 Å². The van der Waals surface area contributed by atoms with Crippen LogP contribution in [0, 0.1) is 0 Å². The Morgan fingerprint density at radius 3 is 2.53 bits per heavy atom. The third-order valence-electron chi connectivity index (χ3n) is 5.64. The number of carboxylic acids is 1. The summed E-state index contributed by atoms with van der Waals surface area (Å²) >= 11 is 0. The maximum Gasteiger partial charge on any atom is 0.321 e. The Hall–Kier alpha value is -2.72. The second-order valence-corrected chi connectivity index (χ2v) is 9.47. The quantitative estimate of drug-likeness (QED) is 0.377. The average Bonchev–Trinajstić information content (AvgIpc) is 3.18. The molecule has 172 valence electrons. The van der Waals surface area contributed by atoms with E-state index in [0.717, 1.165) is 48.0 Å². The second-order valence-electron chi connectivity index (χ2n) is 7.76. The molecule has 2 aromatic carbocycles. The Morgan fingerprint density at radius 2 is 1.81 bits per heavy atom. The number of sulfonamides is 1. The van der Waals surface area contributed by atoms with Crippen LogP contribution in [-0.4, -0.2) is 30.7 Å². The zero-order valence-corrected chi connectivity index (χ0v) is 18.5. The van der Waals surface area contributed by atoms with Gasteiger partial charge in [0.25, 0.3) is 0 Å². The summed E-state index contributed by atoms with van der Waals surface area (Å²) in [6.07, 6.45) is 5.45. The van der Waals surface area contributed by atoms with Crippen molar-refractivity contribution in [1.82, 2.24) is 4.72 Å². The topological polar surface area (TPSA) is 143 Å². The van der Waals surface area contributed by atoms with Crippen molar-refractivity contribution in [3.63, 3.8) is 0 Å². The summed E-state index contributed by atoms with van der Waals surface area (Å²) < 4.78 is 33.9. The molecule has 0 radical (unpaired) electrons. The molecule has 1 heterocycles. The van der Waals surface area contributed by atoms with Crippen molar-refractivity contribution in [3.05, 3.63) is 65.4 Å². The van der Waals surface area contributed by atoms with Crippen LogP contribution in [0.5, 0.6) is 0 Å². The van der Waals surface area contributed by atoms with E-state index < -0.39 is 22.0 Å². The number of carbonyl (C=O) groups is 1. The molecule has 0 fully saturated rings. The number of nitrogens with two attached hydrogens (primary N) is 1. The lowest BCUT2D eigenvalue weighted by Crippen LogP contribution is -2.40. The third kappa shape index (κ3) is 5.55. The number of hydrogen-bond acceptors (Lipinski definition) is 6. The minimum atomic E-state index is -3.98. The largest absolute Gasteiger partial charge is 0.480 e. The summed E-state index contributed by atoms with van der Waals surface area (Å²) in [5, 5.41) is 17.0. The molecule has 3 aromatic rings. The molecule has 0 saturated heterocycles. The number of furan rings is 1. The van der Waals surface area contributed by atoms with Gasteiger partial charge in [0.05, 0.1) is 4.90 Å². The first kappa shape index (κ1) is 23.9. The van der Waals surface area contributed by atoms with Crippen LogP contribution in [0.3, 0.4) is 0 Å². The second kappa shape index (κ2) is 10.7. The molecule has 8 nitrogen and oxygen atoms in total. The molecular weight excluding hydrogens is 432 g/mol. The van der Waals surface area contributed by atoms with E-state index >= 15 is 0 Å². The molecule has 32 heavy (non-hydrogen) atoms. The van der Waals surface area contributed by atoms with Gasteiger partial charge in [-0.1, -0.05) is 30.3 Å². The van der Waals surface area contributed by atoms with Gasteiger partial charge in [-0.15, -0.1) is 0 Å². The van der Waals surface area contributed by atoms with E-state index in [1.165, 1.54) is 12.1 Å². The van der Waals surface area contributed by atoms with Crippen molar-refractivity contribution in [2.75, 3.05) is 0 Å². The van der Waals surface area contributed by atoms with Gasteiger partial charge in [-0.05, 0) is 56.2 Å². The summed E-state index contributed by atoms with van der Waals surface area (Å²) in [5.74, 6) is 3.25. The molecule has 1 aliphatic rings. The summed E-state index contributed by atoms with van der Waals surface area (Å²) in [4.78, 5) is 11.7. The van der Waals surface area contributed by atoms with Crippen molar-refractivity contribution in [1.29, 1.82) is 0 Å². The van der Waals surface area contributed by atoms with Crippen molar-refractivity contribution in [2.24, 2.45) is 5.90 Å². The number of aryl methyl sites for hydroxylation is 3. The maximum atomic E-state index is 12.9. The minimum absolute atomic E-state index is 0.0235. The maximum absolute atomic E-state index is 12.9. The van der Waals surface area contributed by atoms with Crippen LogP contribution in [0.4, 0.5) is 0 Å². The lowest BCUT2D eigenvalue weighted by molar-refractivity contribution is -0.139. The lowest BCUT2D eigenvalue weighted by atomic mass is 9.96. The molecule has 1 atom stereocenters. The van der Waals surface area contributed by atoms with E-state index in [2.05, 4.69) is 10.6 Å². The number of fused-ring (bicyclic) bond motifs is 3. The van der Waals surface area contributed by atoms with E-state index in [1.807, 2.05) is 30.3 Å². The Morgan fingerprint density at radius 1 is 1.09 bits per heavy atom. The summed E-state index contributed by atoms with van der Waals surface area (Å²) in [6, 6.07) is 13.3. The van der Waals surface area contributed by atoms with E-state index in [9.17, 15) is 18.3 Å². The predicted molar refractivity (Wildman–Crippen MR) is 120 cm³/mol. The summed E-state index contributed by atoms with van der Waals surface area (Å²) in [6.45, 7) is 0. The smallest absolute Gasteiger partial charge is 0.321 e. The highest BCUT2D eigenvalue weighted by atomic mass is 32.2. The highest BCUT2D eigenvalue weighted by molar-refractivity contribution is 7.89. The van der Waals surface area contributed by atoms with Crippen molar-refractivity contribution >= 4 is 27.0 Å². The van der Waals surface area contributed by atoms with Crippen molar-refractivity contribution < 1.29 is 27.9 Å². The molecule has 0 saturated carbocycles. The number of aliphatic carboxylic acids is 1. The predicted octanol–water partition coefficient (Wildman–Crippen LogP) is 3.40. The standard InChI is InChI=1S/C23H25NO5S.H3NO/c25-23(26)20(11-6-9-16-7-2-1-3-8-16)24-30(27,28)17-13-14-19-18-10-4-5-12-21(18)29-22(19)15-17;1-2/h1-3,7-8,13-15,20,24H,4-6,9-12H2,(H,25,26);2H,1H2/t20-;/m0./s1.